The molecule has 5 rings (SSSR count). The molecule has 0 atom stereocenters. The van der Waals surface area contributed by atoms with E-state index in [-0.39, 0.29) is 17.5 Å². The summed E-state index contributed by atoms with van der Waals surface area (Å²) in [6.07, 6.45) is 2.43. The zero-order valence-electron chi connectivity index (χ0n) is 23.1. The topological polar surface area (TPSA) is 98.8 Å². The Bertz CT molecular complexity index is 1310. The SMILES string of the molecule is CC.CC.O=C(O)c1ccc(N2CC3(CCN(Cc4cn[nH]c4Cc4cc(F)c(F)cc4F)CC3)OC2=O)cc1. The van der Waals surface area contributed by atoms with E-state index in [1.54, 1.807) is 18.3 Å². The molecule has 11 heteroatoms. The van der Waals surface area contributed by atoms with Gasteiger partial charge >= 0.3 is 12.1 Å². The number of hydrogen-bond acceptors (Lipinski definition) is 5. The van der Waals surface area contributed by atoms with Crippen molar-refractivity contribution in [1.29, 1.82) is 0 Å². The highest BCUT2D eigenvalue weighted by Crippen LogP contribution is 2.36. The van der Waals surface area contributed by atoms with E-state index in [1.165, 1.54) is 17.0 Å². The largest absolute Gasteiger partial charge is 0.478 e. The first-order valence-corrected chi connectivity index (χ1v) is 13.4. The van der Waals surface area contributed by atoms with E-state index in [2.05, 4.69) is 15.1 Å². The van der Waals surface area contributed by atoms with Crippen LogP contribution >= 0.6 is 0 Å². The summed E-state index contributed by atoms with van der Waals surface area (Å²) in [6, 6.07) is 7.48. The Morgan fingerprint density at radius 3 is 2.25 bits per heavy atom. The molecule has 3 aromatic rings. The molecule has 40 heavy (non-hydrogen) atoms. The van der Waals surface area contributed by atoms with Crippen molar-refractivity contribution in [1.82, 2.24) is 15.1 Å². The lowest BCUT2D eigenvalue weighted by Gasteiger charge is -2.37. The summed E-state index contributed by atoms with van der Waals surface area (Å²) < 4.78 is 46.7. The highest BCUT2D eigenvalue weighted by molar-refractivity contribution is 5.92. The quantitative estimate of drug-likeness (QED) is 0.351. The Kier molecular flexibility index (Phi) is 10.3. The van der Waals surface area contributed by atoms with Crippen molar-refractivity contribution in [2.75, 3.05) is 24.5 Å². The van der Waals surface area contributed by atoms with E-state index in [1.807, 2.05) is 27.7 Å². The smallest absolute Gasteiger partial charge is 0.415 e. The fraction of sp³-hybridized carbons (Fsp3) is 0.414. The molecule has 0 saturated carbocycles. The van der Waals surface area contributed by atoms with E-state index in [4.69, 9.17) is 9.84 Å². The number of carbonyl (C=O) groups excluding carboxylic acids is 1. The number of carbonyl (C=O) groups is 2. The predicted molar refractivity (Wildman–Crippen MR) is 145 cm³/mol. The van der Waals surface area contributed by atoms with Crippen molar-refractivity contribution in [2.45, 2.75) is 59.1 Å². The maximum absolute atomic E-state index is 14.1. The number of amides is 1. The summed E-state index contributed by atoms with van der Waals surface area (Å²) in [4.78, 5) is 27.3. The second kappa shape index (κ2) is 13.5. The van der Waals surface area contributed by atoms with Crippen molar-refractivity contribution in [2.24, 2.45) is 0 Å². The molecule has 1 aromatic heterocycles. The second-order valence-corrected chi connectivity index (χ2v) is 9.17. The number of anilines is 1. The van der Waals surface area contributed by atoms with Crippen LogP contribution in [0.1, 0.15) is 67.7 Å². The number of likely N-dealkylation sites (tertiary alicyclic amines) is 1. The zero-order chi connectivity index (χ0) is 29.4. The van der Waals surface area contributed by atoms with Crippen molar-refractivity contribution in [3.63, 3.8) is 0 Å². The summed E-state index contributed by atoms with van der Waals surface area (Å²) >= 11 is 0. The van der Waals surface area contributed by atoms with E-state index in [0.717, 1.165) is 11.6 Å². The second-order valence-electron chi connectivity index (χ2n) is 9.17. The molecule has 2 fully saturated rings. The number of hydrogen-bond donors (Lipinski definition) is 2. The van der Waals surface area contributed by atoms with Crippen molar-refractivity contribution in [3.05, 3.63) is 82.4 Å². The van der Waals surface area contributed by atoms with Gasteiger partial charge in [0.1, 0.15) is 11.4 Å². The monoisotopic (exact) mass is 560 g/mol. The van der Waals surface area contributed by atoms with Crippen LogP contribution < -0.4 is 4.90 Å². The van der Waals surface area contributed by atoms with Gasteiger partial charge in [-0.15, -0.1) is 0 Å². The van der Waals surface area contributed by atoms with Gasteiger partial charge in [0.15, 0.2) is 11.6 Å². The molecule has 2 aromatic carbocycles. The molecule has 2 saturated heterocycles. The molecule has 8 nitrogen and oxygen atoms in total. The lowest BCUT2D eigenvalue weighted by Crippen LogP contribution is -2.46. The minimum atomic E-state index is -1.23. The van der Waals surface area contributed by atoms with Gasteiger partial charge in [-0.05, 0) is 35.9 Å². The molecule has 1 amide bonds. The maximum Gasteiger partial charge on any atom is 0.415 e. The van der Waals surface area contributed by atoms with Gasteiger partial charge in [-0.25, -0.2) is 22.8 Å². The lowest BCUT2D eigenvalue weighted by atomic mass is 9.91. The molecule has 0 unspecified atom stereocenters. The first-order valence-electron chi connectivity index (χ1n) is 13.4. The minimum Gasteiger partial charge on any atom is -0.478 e. The summed E-state index contributed by atoms with van der Waals surface area (Å²) in [6.45, 7) is 10.2. The van der Waals surface area contributed by atoms with Gasteiger partial charge in [0, 0.05) is 61.9 Å². The number of ether oxygens (including phenoxy) is 1. The maximum atomic E-state index is 14.1. The number of aromatic nitrogens is 2. The standard InChI is InChI=1S/C25H23F3N4O4.2C2H6/c26-19-11-21(28)20(27)9-16(19)10-22-17(12-29-30-22)13-31-7-5-25(6-8-31)14-32(24(35)36-25)18-3-1-15(2-4-18)23(33)34;2*1-2/h1-4,9,11-12H,5-8,10,13-14H2,(H,29,30)(H,33,34);2*1-2H3. The van der Waals surface area contributed by atoms with Crippen LogP contribution in [0, 0.1) is 17.5 Å². The molecule has 0 radical (unpaired) electrons. The minimum absolute atomic E-state index is 0.0337. The van der Waals surface area contributed by atoms with Crippen LogP contribution in [0.15, 0.2) is 42.6 Å². The third kappa shape index (κ3) is 6.82. The van der Waals surface area contributed by atoms with E-state index < -0.39 is 35.1 Å². The van der Waals surface area contributed by atoms with Crippen LogP contribution in [0.5, 0.6) is 0 Å². The Morgan fingerprint density at radius 1 is 1.00 bits per heavy atom. The van der Waals surface area contributed by atoms with Crippen LogP contribution in [-0.2, 0) is 17.7 Å². The lowest BCUT2D eigenvalue weighted by molar-refractivity contribution is -0.00102. The molecule has 3 heterocycles. The average molecular weight is 561 g/mol. The molecular weight excluding hydrogens is 525 g/mol. The van der Waals surface area contributed by atoms with E-state index in [9.17, 15) is 22.8 Å². The third-order valence-corrected chi connectivity index (χ3v) is 6.82. The number of H-pyrrole nitrogens is 1. The van der Waals surface area contributed by atoms with Gasteiger partial charge in [-0.2, -0.15) is 5.10 Å². The number of aromatic amines is 1. The van der Waals surface area contributed by atoms with Gasteiger partial charge in [-0.1, -0.05) is 27.7 Å². The number of carboxylic acid groups (broad SMARTS) is 1. The molecule has 1 spiro atoms. The van der Waals surface area contributed by atoms with E-state index >= 15 is 0 Å². The number of nitrogens with one attached hydrogen (secondary N) is 1. The van der Waals surface area contributed by atoms with Gasteiger partial charge in [0.2, 0.25) is 0 Å². The first-order chi connectivity index (χ1) is 19.2. The molecular formula is C29H35F3N4O4. The number of rotatable bonds is 6. The number of halogens is 3. The number of nitrogens with zero attached hydrogens (tertiary/aromatic N) is 3. The highest BCUT2D eigenvalue weighted by atomic mass is 19.2. The summed E-state index contributed by atoms with van der Waals surface area (Å²) in [5.74, 6) is -4.19. The Morgan fingerprint density at radius 2 is 1.62 bits per heavy atom. The number of benzene rings is 2. The highest BCUT2D eigenvalue weighted by Gasteiger charge is 2.47. The summed E-state index contributed by atoms with van der Waals surface area (Å²) in [7, 11) is 0. The normalized spacial score (nSPS) is 16.1. The van der Waals surface area contributed by atoms with Gasteiger partial charge in [0.05, 0.1) is 18.3 Å². The number of piperidine rings is 1. The van der Waals surface area contributed by atoms with Gasteiger partial charge in [-0.3, -0.25) is 14.9 Å². The molecule has 0 aliphatic carbocycles. The molecule has 216 valence electrons. The Balaban J connectivity index is 0.00000106. The zero-order valence-corrected chi connectivity index (χ0v) is 23.1. The average Bonchev–Trinajstić information content (AvgIpc) is 3.54. The fourth-order valence-corrected chi connectivity index (χ4v) is 4.74. The fourth-order valence-electron chi connectivity index (χ4n) is 4.74. The predicted octanol–water partition coefficient (Wildman–Crippen LogP) is 6.16. The van der Waals surface area contributed by atoms with Crippen LogP contribution in [0.3, 0.4) is 0 Å². The summed E-state index contributed by atoms with van der Waals surface area (Å²) in [5, 5.41) is 15.9. The van der Waals surface area contributed by atoms with Gasteiger partial charge in [0.25, 0.3) is 0 Å². The molecule has 2 aliphatic rings. The Hall–Kier alpha value is -3.86. The van der Waals surface area contributed by atoms with Crippen LogP contribution in [0.2, 0.25) is 0 Å². The van der Waals surface area contributed by atoms with Gasteiger partial charge < -0.3 is 9.84 Å². The van der Waals surface area contributed by atoms with Crippen molar-refractivity contribution in [3.8, 4) is 0 Å². The van der Waals surface area contributed by atoms with Crippen molar-refractivity contribution >= 4 is 17.7 Å². The number of aromatic carboxylic acids is 1. The Labute approximate surface area is 231 Å². The van der Waals surface area contributed by atoms with Crippen LogP contribution in [-0.4, -0.2) is 57.5 Å². The molecule has 2 N–H and O–H groups in total. The van der Waals surface area contributed by atoms with Crippen LogP contribution in [0.25, 0.3) is 0 Å². The third-order valence-electron chi connectivity index (χ3n) is 6.82. The summed E-state index contributed by atoms with van der Waals surface area (Å²) in [5.41, 5.74) is 1.55. The van der Waals surface area contributed by atoms with E-state index in [0.29, 0.717) is 56.5 Å². The van der Waals surface area contributed by atoms with Crippen molar-refractivity contribution < 1.29 is 32.6 Å². The molecule has 0 bridgehead atoms. The van der Waals surface area contributed by atoms with Crippen LogP contribution in [0.4, 0.5) is 23.7 Å². The number of carboxylic acids is 1. The first kappa shape index (κ1) is 30.7. The molecule has 2 aliphatic heterocycles.